The summed E-state index contributed by atoms with van der Waals surface area (Å²) in [6.07, 6.45) is 1.80. The lowest BCUT2D eigenvalue weighted by molar-refractivity contribution is -0.139. The number of rotatable bonds is 5. The molecule has 0 aliphatic carbocycles. The van der Waals surface area contributed by atoms with Crippen molar-refractivity contribution in [2.75, 3.05) is 13.7 Å². The monoisotopic (exact) mass is 546 g/mol. The number of fused-ring (bicyclic) bond motifs is 1. The van der Waals surface area contributed by atoms with Gasteiger partial charge >= 0.3 is 5.97 Å². The third-order valence-electron chi connectivity index (χ3n) is 5.18. The van der Waals surface area contributed by atoms with Gasteiger partial charge in [-0.3, -0.25) is 9.36 Å². The Hall–Kier alpha value is -2.68. The highest BCUT2D eigenvalue weighted by atomic mass is 79.9. The Morgan fingerprint density at radius 3 is 2.64 bits per heavy atom. The first-order chi connectivity index (χ1) is 15.8. The summed E-state index contributed by atoms with van der Waals surface area (Å²) in [6.45, 7) is 3.72. The molecule has 1 aromatic heterocycles. The van der Waals surface area contributed by atoms with Gasteiger partial charge in [0.15, 0.2) is 4.80 Å². The summed E-state index contributed by atoms with van der Waals surface area (Å²) < 4.78 is 13.4. The van der Waals surface area contributed by atoms with Crippen molar-refractivity contribution in [1.82, 2.24) is 4.57 Å². The number of aromatic nitrogens is 1. The quantitative estimate of drug-likeness (QED) is 0.449. The summed E-state index contributed by atoms with van der Waals surface area (Å²) in [6, 6.07) is 12.0. The van der Waals surface area contributed by atoms with E-state index in [0.29, 0.717) is 31.4 Å². The number of allylic oxidation sites excluding steroid dienone is 1. The van der Waals surface area contributed by atoms with Crippen molar-refractivity contribution in [2.24, 2.45) is 4.99 Å². The Kier molecular flexibility index (Phi) is 6.88. The number of esters is 1. The fraction of sp³-hybridized carbons (Fsp3) is 0.208. The molecule has 170 valence electrons. The van der Waals surface area contributed by atoms with Crippen LogP contribution in [0.25, 0.3) is 6.08 Å². The van der Waals surface area contributed by atoms with Crippen LogP contribution in [0.15, 0.2) is 68.0 Å². The van der Waals surface area contributed by atoms with Crippen LogP contribution in [0.4, 0.5) is 0 Å². The summed E-state index contributed by atoms with van der Waals surface area (Å²) in [7, 11) is 1.60. The van der Waals surface area contributed by atoms with Crippen molar-refractivity contribution in [3.8, 4) is 5.75 Å². The van der Waals surface area contributed by atoms with Crippen molar-refractivity contribution in [2.45, 2.75) is 19.9 Å². The lowest BCUT2D eigenvalue weighted by Gasteiger charge is -2.24. The molecule has 0 bridgehead atoms. The van der Waals surface area contributed by atoms with Gasteiger partial charge in [0.25, 0.3) is 5.56 Å². The van der Waals surface area contributed by atoms with Gasteiger partial charge in [0, 0.05) is 5.02 Å². The third kappa shape index (κ3) is 4.55. The Bertz CT molecular complexity index is 1440. The van der Waals surface area contributed by atoms with Crippen LogP contribution in [0, 0.1) is 0 Å². The average Bonchev–Trinajstić information content (AvgIpc) is 3.08. The lowest BCUT2D eigenvalue weighted by Crippen LogP contribution is -2.39. The molecule has 0 N–H and O–H groups in total. The number of carbonyl (C=O) groups excluding carboxylic acids is 1. The highest BCUT2D eigenvalue weighted by molar-refractivity contribution is 9.10. The largest absolute Gasteiger partial charge is 0.496 e. The minimum atomic E-state index is -0.665. The molecule has 0 fully saturated rings. The highest BCUT2D eigenvalue weighted by Crippen LogP contribution is 2.31. The van der Waals surface area contributed by atoms with Gasteiger partial charge in [0.05, 0.1) is 40.0 Å². The lowest BCUT2D eigenvalue weighted by atomic mass is 9.96. The Morgan fingerprint density at radius 2 is 2.00 bits per heavy atom. The summed E-state index contributed by atoms with van der Waals surface area (Å²) in [5, 5.41) is 0.564. The van der Waals surface area contributed by atoms with Crippen molar-refractivity contribution in [3.05, 3.63) is 94.0 Å². The second kappa shape index (κ2) is 9.67. The van der Waals surface area contributed by atoms with Crippen molar-refractivity contribution in [3.63, 3.8) is 0 Å². The summed E-state index contributed by atoms with van der Waals surface area (Å²) >= 11 is 10.8. The molecule has 3 aromatic rings. The molecule has 2 heterocycles. The van der Waals surface area contributed by atoms with Crippen molar-refractivity contribution < 1.29 is 14.3 Å². The standard InChI is InChI=1S/C24H20BrClN2O4S/c1-4-32-23(30)20-13(2)27-24-28(21(20)15-6-8-16(26)9-7-15)22(29)19(33-24)12-14-5-10-18(31-3)17(25)11-14/h5-12,21H,4H2,1-3H3. The fourth-order valence-corrected chi connectivity index (χ4v) is 5.41. The molecule has 4 rings (SSSR count). The Morgan fingerprint density at radius 1 is 1.27 bits per heavy atom. The summed E-state index contributed by atoms with van der Waals surface area (Å²) in [5.41, 5.74) is 2.20. The van der Waals surface area contributed by atoms with Crippen LogP contribution in [-0.2, 0) is 9.53 Å². The zero-order chi connectivity index (χ0) is 23.7. The average molecular weight is 548 g/mol. The van der Waals surface area contributed by atoms with Crippen molar-refractivity contribution >= 4 is 50.9 Å². The number of hydrogen-bond acceptors (Lipinski definition) is 6. The van der Waals surface area contributed by atoms with E-state index < -0.39 is 12.0 Å². The van der Waals surface area contributed by atoms with Gasteiger partial charge in [0.1, 0.15) is 5.75 Å². The van der Waals surface area contributed by atoms with E-state index in [1.165, 1.54) is 11.3 Å². The molecule has 6 nitrogen and oxygen atoms in total. The van der Waals surface area contributed by atoms with Crippen LogP contribution in [0.3, 0.4) is 0 Å². The molecule has 0 saturated heterocycles. The number of halogens is 2. The van der Waals surface area contributed by atoms with Gasteiger partial charge in [-0.2, -0.15) is 0 Å². The number of ether oxygens (including phenoxy) is 2. The van der Waals surface area contributed by atoms with E-state index in [-0.39, 0.29) is 12.2 Å². The minimum absolute atomic E-state index is 0.222. The van der Waals surface area contributed by atoms with Crippen LogP contribution < -0.4 is 19.6 Å². The molecule has 2 aromatic carbocycles. The molecule has 1 aliphatic rings. The molecular weight excluding hydrogens is 528 g/mol. The maximum atomic E-state index is 13.6. The van der Waals surface area contributed by atoms with Gasteiger partial charge in [-0.15, -0.1) is 0 Å². The maximum Gasteiger partial charge on any atom is 0.338 e. The van der Waals surface area contributed by atoms with Crippen LogP contribution in [0.1, 0.15) is 31.0 Å². The molecule has 0 saturated carbocycles. The first-order valence-electron chi connectivity index (χ1n) is 10.1. The number of benzene rings is 2. The second-order valence-electron chi connectivity index (χ2n) is 7.25. The molecular formula is C24H20BrClN2O4S. The van der Waals surface area contributed by atoms with Gasteiger partial charge in [-0.1, -0.05) is 41.1 Å². The summed E-state index contributed by atoms with van der Waals surface area (Å²) in [5.74, 6) is 0.207. The number of methoxy groups -OCH3 is 1. The number of thiazole rings is 1. The highest BCUT2D eigenvalue weighted by Gasteiger charge is 2.33. The number of hydrogen-bond donors (Lipinski definition) is 0. The fourth-order valence-electron chi connectivity index (χ4n) is 3.68. The van der Waals surface area contributed by atoms with Crippen LogP contribution in [0.5, 0.6) is 5.75 Å². The molecule has 1 atom stereocenters. The SMILES string of the molecule is CCOC(=O)C1=C(C)N=c2sc(=Cc3ccc(OC)c(Br)c3)c(=O)n2C1c1ccc(Cl)cc1. The maximum absolute atomic E-state index is 13.6. The topological polar surface area (TPSA) is 69.9 Å². The molecule has 33 heavy (non-hydrogen) atoms. The normalized spacial score (nSPS) is 15.8. The van der Waals surface area contributed by atoms with E-state index in [1.807, 2.05) is 30.3 Å². The van der Waals surface area contributed by atoms with E-state index in [1.54, 1.807) is 43.7 Å². The Balaban J connectivity index is 1.93. The molecule has 9 heteroatoms. The van der Waals surface area contributed by atoms with Crippen molar-refractivity contribution in [1.29, 1.82) is 0 Å². The van der Waals surface area contributed by atoms with Crippen LogP contribution in [0.2, 0.25) is 5.02 Å². The molecule has 0 radical (unpaired) electrons. The van der Waals surface area contributed by atoms with E-state index in [0.717, 1.165) is 15.6 Å². The first kappa shape index (κ1) is 23.5. The van der Waals surface area contributed by atoms with E-state index >= 15 is 0 Å². The van der Waals surface area contributed by atoms with Gasteiger partial charge in [-0.25, -0.2) is 9.79 Å². The van der Waals surface area contributed by atoms with Crippen LogP contribution in [-0.4, -0.2) is 24.3 Å². The van der Waals surface area contributed by atoms with Gasteiger partial charge in [-0.05, 0) is 71.2 Å². The molecule has 1 aliphatic heterocycles. The van der Waals surface area contributed by atoms with Gasteiger partial charge < -0.3 is 9.47 Å². The third-order valence-corrected chi connectivity index (χ3v) is 7.03. The molecule has 0 spiro atoms. The van der Waals surface area contributed by atoms with E-state index in [4.69, 9.17) is 21.1 Å². The predicted octanol–water partition coefficient (Wildman–Crippen LogP) is 4.22. The summed E-state index contributed by atoms with van der Waals surface area (Å²) in [4.78, 5) is 31.5. The predicted molar refractivity (Wildman–Crippen MR) is 133 cm³/mol. The van der Waals surface area contributed by atoms with Gasteiger partial charge in [0.2, 0.25) is 0 Å². The smallest absolute Gasteiger partial charge is 0.338 e. The zero-order valence-corrected chi connectivity index (χ0v) is 21.3. The molecule has 1 unspecified atom stereocenters. The second-order valence-corrected chi connectivity index (χ2v) is 9.55. The first-order valence-corrected chi connectivity index (χ1v) is 12.1. The number of carbonyl (C=O) groups is 1. The Labute approximate surface area is 207 Å². The minimum Gasteiger partial charge on any atom is -0.496 e. The van der Waals surface area contributed by atoms with E-state index in [2.05, 4.69) is 20.9 Å². The van der Waals surface area contributed by atoms with E-state index in [9.17, 15) is 9.59 Å². The molecule has 0 amide bonds. The number of nitrogens with zero attached hydrogens (tertiary/aromatic N) is 2. The van der Waals surface area contributed by atoms with Crippen LogP contribution >= 0.6 is 38.9 Å². The zero-order valence-electron chi connectivity index (χ0n) is 18.1.